The number of carbonyl (C=O) groups excluding carboxylic acids is 3. The van der Waals surface area contributed by atoms with E-state index in [9.17, 15) is 14.4 Å². The van der Waals surface area contributed by atoms with Crippen LogP contribution in [0.2, 0.25) is 0 Å². The number of hydrogen-bond donors (Lipinski definition) is 0. The number of hydrogen-bond acceptors (Lipinski definition) is 14. The fourth-order valence-corrected chi connectivity index (χ4v) is 9.97. The monoisotopic (exact) mass is 926 g/mol. The highest BCUT2D eigenvalue weighted by atomic mass is 33.1. The minimum Gasteiger partial charge on any atom is -0.493 e. The second-order valence-corrected chi connectivity index (χ2v) is 18.0. The Morgan fingerprint density at radius 2 is 1.68 bits per heavy atom. The number of allylic oxidation sites excluding steroid dienone is 2. The van der Waals surface area contributed by atoms with Crippen LogP contribution in [0.3, 0.4) is 0 Å². The Bertz CT molecular complexity index is 2660. The molecule has 0 fully saturated rings. The number of pyridine rings is 2. The number of methoxy groups -OCH3 is 2. The molecule has 3 aliphatic rings. The summed E-state index contributed by atoms with van der Waals surface area (Å²) in [5.74, 6) is 1.71. The van der Waals surface area contributed by atoms with Crippen LogP contribution in [0.1, 0.15) is 56.9 Å². The van der Waals surface area contributed by atoms with E-state index in [2.05, 4.69) is 39.8 Å². The molecule has 16 heteroatoms. The third kappa shape index (κ3) is 10.3. The smallest absolute Gasteiger partial charge is 0.414 e. The fourth-order valence-electron chi connectivity index (χ4n) is 8.26. The molecule has 0 saturated heterocycles. The highest BCUT2D eigenvalue weighted by Crippen LogP contribution is 2.40. The van der Waals surface area contributed by atoms with Crippen LogP contribution in [0.15, 0.2) is 125 Å². The Balaban J connectivity index is 0.972. The van der Waals surface area contributed by atoms with Gasteiger partial charge in [0.25, 0.3) is 5.91 Å². The second kappa shape index (κ2) is 21.5. The highest BCUT2D eigenvalue weighted by molar-refractivity contribution is 8.76. The summed E-state index contributed by atoms with van der Waals surface area (Å²) >= 11 is 0. The lowest BCUT2D eigenvalue weighted by molar-refractivity contribution is 0.0823. The van der Waals surface area contributed by atoms with Gasteiger partial charge in [0.2, 0.25) is 0 Å². The highest BCUT2D eigenvalue weighted by Gasteiger charge is 2.33. The first kappa shape index (κ1) is 45.8. The molecule has 1 aliphatic carbocycles. The van der Waals surface area contributed by atoms with Crippen LogP contribution < -0.4 is 28.7 Å². The standard InChI is InChI=1S/C50H50N6O8S2/c1-51-40-27-46(45(61-4)26-39(40)49(58)55-21-19-33-12-5-8-17-42(33)55)63-31-36-14-11-15-37(53-36)32-64-47-28-43(35(30-57)25-44(47)60-3)56(29-38-24-34-13-6-7-16-41(34)54(38)2)50(59)62-22-23-65-66-48-18-9-10-20-52-48/h6-11,13-18,20,25-28,30,38H,1,5,12,19,21-24,29,31-32H2,2-4H3. The van der Waals surface area contributed by atoms with Crippen molar-refractivity contribution in [3.8, 4) is 23.0 Å². The Morgan fingerprint density at radius 1 is 0.924 bits per heavy atom. The number of aromatic nitrogens is 2. The molecule has 340 valence electrons. The topological polar surface area (TPSA) is 145 Å². The van der Waals surface area contributed by atoms with Gasteiger partial charge in [-0.3, -0.25) is 24.5 Å². The van der Waals surface area contributed by atoms with Crippen molar-refractivity contribution in [3.05, 3.63) is 143 Å². The number of nitrogens with zero attached hydrogens (tertiary/aromatic N) is 6. The van der Waals surface area contributed by atoms with Crippen molar-refractivity contribution in [2.45, 2.75) is 50.0 Å². The molecule has 14 nitrogen and oxygen atoms in total. The first-order chi connectivity index (χ1) is 32.3. The zero-order valence-electron chi connectivity index (χ0n) is 37.0. The van der Waals surface area contributed by atoms with E-state index >= 15 is 0 Å². The van der Waals surface area contributed by atoms with Crippen LogP contribution in [-0.4, -0.2) is 92.6 Å². The van der Waals surface area contributed by atoms with E-state index in [4.69, 9.17) is 28.7 Å². The van der Waals surface area contributed by atoms with Gasteiger partial charge in [0.05, 0.1) is 48.6 Å². The molecule has 66 heavy (non-hydrogen) atoms. The van der Waals surface area contributed by atoms with Crippen molar-refractivity contribution in [2.75, 3.05) is 56.5 Å². The summed E-state index contributed by atoms with van der Waals surface area (Å²) < 4.78 is 29.8. The lowest BCUT2D eigenvalue weighted by Gasteiger charge is -2.31. The van der Waals surface area contributed by atoms with Crippen LogP contribution in [0.5, 0.6) is 23.0 Å². The molecule has 0 bridgehead atoms. The number of aldehydes is 1. The van der Waals surface area contributed by atoms with E-state index in [1.165, 1.54) is 51.8 Å². The van der Waals surface area contributed by atoms with E-state index in [1.807, 2.05) is 61.7 Å². The van der Waals surface area contributed by atoms with Gasteiger partial charge in [-0.2, -0.15) is 0 Å². The van der Waals surface area contributed by atoms with E-state index < -0.39 is 6.09 Å². The maximum Gasteiger partial charge on any atom is 0.414 e. The average Bonchev–Trinajstić information content (AvgIpc) is 3.94. The zero-order valence-corrected chi connectivity index (χ0v) is 38.6. The first-order valence-electron chi connectivity index (χ1n) is 21.5. The number of likely N-dealkylation sites (N-methyl/N-ethyl adjacent to an activating group) is 1. The van der Waals surface area contributed by atoms with Gasteiger partial charge in [-0.25, -0.2) is 9.78 Å². The Labute approximate surface area is 392 Å². The molecule has 1 atom stereocenters. The largest absolute Gasteiger partial charge is 0.493 e. The van der Waals surface area contributed by atoms with Crippen molar-refractivity contribution in [1.29, 1.82) is 0 Å². The molecule has 0 spiro atoms. The average molecular weight is 927 g/mol. The normalized spacial score (nSPS) is 14.9. The van der Waals surface area contributed by atoms with E-state index in [-0.39, 0.29) is 43.9 Å². The Kier molecular flexibility index (Phi) is 14.9. The molecule has 2 aliphatic heterocycles. The van der Waals surface area contributed by atoms with Gasteiger partial charge < -0.3 is 33.5 Å². The van der Waals surface area contributed by atoms with E-state index in [1.54, 1.807) is 35.4 Å². The van der Waals surface area contributed by atoms with E-state index in [0.717, 1.165) is 35.7 Å². The summed E-state index contributed by atoms with van der Waals surface area (Å²) in [6, 6.07) is 25.7. The minimum absolute atomic E-state index is 0.0227. The third-order valence-electron chi connectivity index (χ3n) is 11.6. The number of rotatable bonds is 19. The predicted octanol–water partition coefficient (Wildman–Crippen LogP) is 9.69. The van der Waals surface area contributed by atoms with Crippen molar-refractivity contribution in [1.82, 2.24) is 14.9 Å². The molecule has 3 aromatic carbocycles. The van der Waals surface area contributed by atoms with Crippen LogP contribution in [0.4, 0.5) is 21.9 Å². The van der Waals surface area contributed by atoms with Crippen LogP contribution in [0.25, 0.3) is 0 Å². The van der Waals surface area contributed by atoms with Gasteiger partial charge in [0.15, 0.2) is 29.3 Å². The number of para-hydroxylation sites is 1. The molecule has 0 N–H and O–H groups in total. The molecule has 1 unspecified atom stereocenters. The van der Waals surface area contributed by atoms with Crippen molar-refractivity contribution >= 4 is 63.7 Å². The van der Waals surface area contributed by atoms with Gasteiger partial charge in [-0.1, -0.05) is 47.2 Å². The molecule has 0 saturated carbocycles. The summed E-state index contributed by atoms with van der Waals surface area (Å²) in [7, 11) is 8.05. The number of fused-ring (bicyclic) bond motifs is 1. The molecule has 8 rings (SSSR count). The van der Waals surface area contributed by atoms with Gasteiger partial charge in [-0.05, 0) is 103 Å². The third-order valence-corrected chi connectivity index (χ3v) is 13.8. The zero-order chi connectivity index (χ0) is 46.0. The van der Waals surface area contributed by atoms with Crippen LogP contribution in [-0.2, 0) is 24.4 Å². The van der Waals surface area contributed by atoms with Gasteiger partial charge in [-0.15, -0.1) is 0 Å². The van der Waals surface area contributed by atoms with Crippen molar-refractivity contribution < 1.29 is 38.1 Å². The van der Waals surface area contributed by atoms with Gasteiger partial charge in [0, 0.05) is 61.2 Å². The molecule has 5 aromatic rings. The molecule has 2 aromatic heterocycles. The number of carbonyl (C=O) groups is 3. The molecular formula is C50H50N6O8S2. The van der Waals surface area contributed by atoms with Crippen LogP contribution in [0, 0.1) is 0 Å². The second-order valence-electron chi connectivity index (χ2n) is 15.6. The summed E-state index contributed by atoms with van der Waals surface area (Å²) in [5.41, 5.74) is 7.02. The van der Waals surface area contributed by atoms with Crippen molar-refractivity contribution in [3.63, 3.8) is 0 Å². The van der Waals surface area contributed by atoms with Gasteiger partial charge >= 0.3 is 6.09 Å². The molecular weight excluding hydrogens is 877 g/mol. The summed E-state index contributed by atoms with van der Waals surface area (Å²) in [6.07, 6.45) is 9.47. The Morgan fingerprint density at radius 3 is 2.41 bits per heavy atom. The number of aliphatic imine (C=N–C) groups is 1. The summed E-state index contributed by atoms with van der Waals surface area (Å²) in [6.45, 7) is 4.82. The molecule has 4 heterocycles. The number of amides is 2. The quantitative estimate of drug-likeness (QED) is 0.0336. The SMILES string of the molecule is C=Nc1cc(OCc2cccc(COc3cc(N(CC4Cc5ccccc5N4C)C(=O)OCCSSc4ccccn4)c(C=O)cc3OC)n2)c(OC)cc1C(=O)N1CCC2=C1C=CCC2. The predicted molar refractivity (Wildman–Crippen MR) is 258 cm³/mol. The maximum absolute atomic E-state index is 14.1. The fraction of sp³-hybridized carbons (Fsp3) is 0.280. The maximum atomic E-state index is 14.1. The van der Waals surface area contributed by atoms with Crippen molar-refractivity contribution in [2.24, 2.45) is 4.99 Å². The minimum atomic E-state index is -0.593. The Hall–Kier alpha value is -6.78. The lowest BCUT2D eigenvalue weighted by Crippen LogP contribution is -2.44. The summed E-state index contributed by atoms with van der Waals surface area (Å²) in [4.78, 5) is 59.4. The summed E-state index contributed by atoms with van der Waals surface area (Å²) in [5, 5.41) is 0.860. The molecule has 0 radical (unpaired) electrons. The first-order valence-corrected chi connectivity index (χ1v) is 23.8. The van der Waals surface area contributed by atoms with Crippen LogP contribution >= 0.6 is 21.6 Å². The van der Waals surface area contributed by atoms with E-state index in [0.29, 0.717) is 76.3 Å². The van der Waals surface area contributed by atoms with Gasteiger partial charge in [0.1, 0.15) is 24.8 Å². The number of benzene rings is 3. The number of anilines is 2. The number of ether oxygens (including phenoxy) is 5. The molecule has 2 amide bonds. The lowest BCUT2D eigenvalue weighted by atomic mass is 10.0.